The molecule has 5 nitrogen and oxygen atoms in total. The predicted octanol–water partition coefficient (Wildman–Crippen LogP) is 2.96. The summed E-state index contributed by atoms with van der Waals surface area (Å²) >= 11 is 0. The van der Waals surface area contributed by atoms with Crippen LogP contribution in [0, 0.1) is 0 Å². The van der Waals surface area contributed by atoms with Crippen LogP contribution in [0.3, 0.4) is 0 Å². The first-order valence-corrected chi connectivity index (χ1v) is 5.93. The maximum atomic E-state index is 10.0. The molecule has 1 heterocycles. The number of hydrogen-bond donors (Lipinski definition) is 1. The molecule has 19 heavy (non-hydrogen) atoms. The third-order valence-electron chi connectivity index (χ3n) is 2.54. The molecule has 0 radical (unpaired) electrons. The first-order valence-electron chi connectivity index (χ1n) is 5.93. The summed E-state index contributed by atoms with van der Waals surface area (Å²) in [5.74, 6) is 0.943. The van der Waals surface area contributed by atoms with Gasteiger partial charge >= 0.3 is 0 Å². The minimum Gasteiger partial charge on any atom is -0.504 e. The van der Waals surface area contributed by atoms with Gasteiger partial charge in [0.15, 0.2) is 23.0 Å². The Hall–Kier alpha value is -1.88. The molecule has 0 saturated heterocycles. The van der Waals surface area contributed by atoms with Gasteiger partial charge in [-0.2, -0.15) is 0 Å². The first-order chi connectivity index (χ1) is 8.84. The lowest BCUT2D eigenvalue weighted by Gasteiger charge is -2.17. The number of benzene rings is 1. The van der Waals surface area contributed by atoms with Gasteiger partial charge in [0.2, 0.25) is 5.79 Å². The Morgan fingerprint density at radius 1 is 1.42 bits per heavy atom. The molecular weight excluding hydrogens is 248 g/mol. The molecular formula is C14H18O5. The van der Waals surface area contributed by atoms with Gasteiger partial charge in [-0.1, -0.05) is 6.58 Å². The predicted molar refractivity (Wildman–Crippen MR) is 69.6 cm³/mol. The fourth-order valence-corrected chi connectivity index (χ4v) is 1.94. The molecule has 0 saturated carbocycles. The van der Waals surface area contributed by atoms with Gasteiger partial charge in [-0.3, -0.25) is 0 Å². The maximum Gasteiger partial charge on any atom is 0.246 e. The largest absolute Gasteiger partial charge is 0.504 e. The minimum absolute atomic E-state index is 0.0323. The molecule has 0 bridgehead atoms. The molecule has 0 amide bonds. The number of ether oxygens (including phenoxy) is 4. The highest BCUT2D eigenvalue weighted by Crippen LogP contribution is 2.50. The van der Waals surface area contributed by atoms with Crippen LogP contribution in [-0.4, -0.2) is 18.0 Å². The number of methoxy groups -OCH3 is 1. The third-order valence-corrected chi connectivity index (χ3v) is 2.54. The average molecular weight is 266 g/mol. The number of aromatic hydroxyl groups is 1. The molecule has 0 aromatic heterocycles. The summed E-state index contributed by atoms with van der Waals surface area (Å²) in [6.45, 7) is 9.19. The van der Waals surface area contributed by atoms with Gasteiger partial charge in [0.1, 0.15) is 0 Å². The van der Waals surface area contributed by atoms with Crippen LogP contribution >= 0.6 is 0 Å². The Kier molecular flexibility index (Phi) is 3.32. The SMILES string of the molecule is C=C(C)Oc1c(O)cc2c(c1COC)OC(C)(C)O2. The van der Waals surface area contributed by atoms with Crippen LogP contribution in [-0.2, 0) is 11.3 Å². The summed E-state index contributed by atoms with van der Waals surface area (Å²) in [6, 6.07) is 1.47. The van der Waals surface area contributed by atoms with Crippen LogP contribution in [0.4, 0.5) is 0 Å². The fraction of sp³-hybridized carbons (Fsp3) is 0.429. The molecule has 0 fully saturated rings. The van der Waals surface area contributed by atoms with Crippen LogP contribution in [0.1, 0.15) is 26.3 Å². The monoisotopic (exact) mass is 266 g/mol. The normalized spacial score (nSPS) is 15.4. The van der Waals surface area contributed by atoms with Crippen LogP contribution in [0.5, 0.6) is 23.0 Å². The Bertz CT molecular complexity index is 519. The van der Waals surface area contributed by atoms with Gasteiger partial charge in [-0.05, 0) is 6.92 Å². The van der Waals surface area contributed by atoms with E-state index in [4.69, 9.17) is 18.9 Å². The third kappa shape index (κ3) is 2.61. The van der Waals surface area contributed by atoms with Crippen LogP contribution in [0.2, 0.25) is 0 Å². The summed E-state index contributed by atoms with van der Waals surface area (Å²) < 4.78 is 21.9. The zero-order valence-corrected chi connectivity index (χ0v) is 11.6. The van der Waals surface area contributed by atoms with E-state index in [0.717, 1.165) is 0 Å². The van der Waals surface area contributed by atoms with Crippen molar-refractivity contribution in [2.45, 2.75) is 33.2 Å². The van der Waals surface area contributed by atoms with E-state index in [9.17, 15) is 5.11 Å². The number of allylic oxidation sites excluding steroid dienone is 1. The maximum absolute atomic E-state index is 10.0. The summed E-state index contributed by atoms with van der Waals surface area (Å²) in [6.07, 6.45) is 0. The molecule has 0 atom stereocenters. The highest BCUT2D eigenvalue weighted by atomic mass is 16.7. The molecule has 5 heteroatoms. The van der Waals surface area contributed by atoms with Crippen molar-refractivity contribution in [2.24, 2.45) is 0 Å². The zero-order chi connectivity index (χ0) is 14.2. The Morgan fingerprint density at radius 3 is 2.68 bits per heavy atom. The van der Waals surface area contributed by atoms with Crippen molar-refractivity contribution in [3.63, 3.8) is 0 Å². The Labute approximate surface area is 112 Å². The number of phenols is 1. The zero-order valence-electron chi connectivity index (χ0n) is 11.6. The molecule has 1 aliphatic rings. The van der Waals surface area contributed by atoms with Crippen molar-refractivity contribution in [3.05, 3.63) is 24.0 Å². The van der Waals surface area contributed by atoms with E-state index in [2.05, 4.69) is 6.58 Å². The van der Waals surface area contributed by atoms with Gasteiger partial charge in [0.05, 0.1) is 17.9 Å². The van der Waals surface area contributed by atoms with Crippen molar-refractivity contribution >= 4 is 0 Å². The summed E-state index contributed by atoms with van der Waals surface area (Å²) in [5, 5.41) is 10.0. The quantitative estimate of drug-likeness (QED) is 0.849. The van der Waals surface area contributed by atoms with E-state index in [0.29, 0.717) is 22.8 Å². The van der Waals surface area contributed by atoms with E-state index in [-0.39, 0.29) is 18.1 Å². The minimum atomic E-state index is -0.779. The van der Waals surface area contributed by atoms with Crippen molar-refractivity contribution < 1.29 is 24.1 Å². The lowest BCUT2D eigenvalue weighted by atomic mass is 10.1. The van der Waals surface area contributed by atoms with E-state index in [1.165, 1.54) is 6.07 Å². The lowest BCUT2D eigenvalue weighted by molar-refractivity contribution is -0.0439. The van der Waals surface area contributed by atoms with Crippen LogP contribution < -0.4 is 14.2 Å². The number of rotatable bonds is 4. The smallest absolute Gasteiger partial charge is 0.246 e. The average Bonchev–Trinajstić information content (AvgIpc) is 2.57. The molecule has 0 aliphatic carbocycles. The van der Waals surface area contributed by atoms with Crippen molar-refractivity contribution in [3.8, 4) is 23.0 Å². The highest BCUT2D eigenvalue weighted by Gasteiger charge is 2.36. The van der Waals surface area contributed by atoms with E-state index in [1.807, 2.05) is 0 Å². The molecule has 104 valence electrons. The second-order valence-corrected chi connectivity index (χ2v) is 4.87. The molecule has 0 spiro atoms. The standard InChI is InChI=1S/C14H18O5/c1-8(2)17-12-9(7-16-5)13-11(6-10(12)15)18-14(3,4)19-13/h6,15H,1,7H2,2-5H3. The molecule has 1 N–H and O–H groups in total. The molecule has 1 aromatic rings. The first kappa shape index (κ1) is 13.5. The fourth-order valence-electron chi connectivity index (χ4n) is 1.94. The molecule has 2 rings (SSSR count). The van der Waals surface area contributed by atoms with Gasteiger partial charge in [0.25, 0.3) is 0 Å². The van der Waals surface area contributed by atoms with Crippen molar-refractivity contribution in [1.29, 1.82) is 0 Å². The highest BCUT2D eigenvalue weighted by molar-refractivity contribution is 5.62. The van der Waals surface area contributed by atoms with Gasteiger partial charge in [0, 0.05) is 27.0 Å². The van der Waals surface area contributed by atoms with Crippen LogP contribution in [0.15, 0.2) is 18.4 Å². The van der Waals surface area contributed by atoms with Gasteiger partial charge in [-0.25, -0.2) is 0 Å². The molecule has 1 aliphatic heterocycles. The number of phenolic OH excluding ortho intramolecular Hbond substituents is 1. The topological polar surface area (TPSA) is 57.2 Å². The molecule has 0 unspecified atom stereocenters. The van der Waals surface area contributed by atoms with Crippen LogP contribution in [0.25, 0.3) is 0 Å². The molecule has 1 aromatic carbocycles. The van der Waals surface area contributed by atoms with E-state index < -0.39 is 5.79 Å². The Morgan fingerprint density at radius 2 is 2.11 bits per heavy atom. The summed E-state index contributed by atoms with van der Waals surface area (Å²) in [4.78, 5) is 0. The van der Waals surface area contributed by atoms with E-state index >= 15 is 0 Å². The van der Waals surface area contributed by atoms with E-state index in [1.54, 1.807) is 27.9 Å². The lowest BCUT2D eigenvalue weighted by Crippen LogP contribution is -2.29. The van der Waals surface area contributed by atoms with Crippen molar-refractivity contribution in [1.82, 2.24) is 0 Å². The van der Waals surface area contributed by atoms with Gasteiger partial charge in [-0.15, -0.1) is 0 Å². The summed E-state index contributed by atoms with van der Waals surface area (Å²) in [7, 11) is 1.56. The number of fused-ring (bicyclic) bond motifs is 1. The second kappa shape index (κ2) is 4.66. The van der Waals surface area contributed by atoms with Crippen molar-refractivity contribution in [2.75, 3.05) is 7.11 Å². The summed E-state index contributed by atoms with van der Waals surface area (Å²) in [5.41, 5.74) is 0.603. The Balaban J connectivity index is 2.54. The number of hydrogen-bond acceptors (Lipinski definition) is 5. The van der Waals surface area contributed by atoms with Gasteiger partial charge < -0.3 is 24.1 Å². The second-order valence-electron chi connectivity index (χ2n) is 4.87.